The predicted octanol–water partition coefficient (Wildman–Crippen LogP) is 5.46. The van der Waals surface area contributed by atoms with Gasteiger partial charge in [0.25, 0.3) is 0 Å². The molecule has 4 aromatic carbocycles. The van der Waals surface area contributed by atoms with Gasteiger partial charge in [0.2, 0.25) is 0 Å². The van der Waals surface area contributed by atoms with Gasteiger partial charge in [-0.1, -0.05) is 119 Å². The Morgan fingerprint density at radius 3 is 2.12 bits per heavy atom. The molecule has 3 nitrogen and oxygen atoms in total. The number of nitrogens with zero attached hydrogens (tertiary/aromatic N) is 1. The zero-order chi connectivity index (χ0) is 23.1. The minimum atomic E-state index is -0.633. The number of aliphatic hydroxyl groups is 1. The highest BCUT2D eigenvalue weighted by Crippen LogP contribution is 2.43. The summed E-state index contributed by atoms with van der Waals surface area (Å²) in [5.74, 6) is 0.00510. The number of benzene rings is 4. The van der Waals surface area contributed by atoms with Gasteiger partial charge in [0.05, 0.1) is 5.92 Å². The number of para-hydroxylation sites is 1. The Balaban J connectivity index is 1.60. The zero-order valence-corrected chi connectivity index (χ0v) is 20.1. The summed E-state index contributed by atoms with van der Waals surface area (Å²) < 4.78 is 1.05. The number of aliphatic hydroxyl groups excluding tert-OH is 1. The minimum Gasteiger partial charge on any atom is -0.655 e. The summed E-state index contributed by atoms with van der Waals surface area (Å²) in [5.41, 5.74) is 6.66. The number of halogens is 1. The standard InChI is InChI=1S/C30H24BrN2O/c31-22-17-15-20(16-18-22)27-28-26(23-13-7-8-14-24(23)32-28)25(19-9-3-1-4-10-19)29(33-27)30(34)21-11-5-2-6-12-21/h1-18,25,27,29-30,33-34H/q-1/p+1/t25-,27+,29+,30+/m1/s1. The van der Waals surface area contributed by atoms with E-state index in [9.17, 15) is 5.11 Å². The third kappa shape index (κ3) is 3.68. The molecule has 0 fully saturated rings. The van der Waals surface area contributed by atoms with Crippen molar-refractivity contribution in [3.63, 3.8) is 0 Å². The van der Waals surface area contributed by atoms with Crippen LogP contribution in [-0.2, 0) is 0 Å². The van der Waals surface area contributed by atoms with E-state index in [1.54, 1.807) is 0 Å². The molecule has 0 saturated carbocycles. The number of nitrogens with two attached hydrogens (primary N) is 1. The molecule has 6 rings (SSSR count). The first kappa shape index (κ1) is 21.4. The van der Waals surface area contributed by atoms with Crippen LogP contribution >= 0.6 is 15.9 Å². The molecular weight excluding hydrogens is 484 g/mol. The van der Waals surface area contributed by atoms with E-state index >= 15 is 0 Å². The van der Waals surface area contributed by atoms with Crippen LogP contribution in [0.3, 0.4) is 0 Å². The lowest BCUT2D eigenvalue weighted by Gasteiger charge is -2.40. The first-order chi connectivity index (χ1) is 16.7. The minimum absolute atomic E-state index is 0.00109. The SMILES string of the molecule is O[C@@H](c1ccccc1)[C@H]1[NH2+][C@@H](c2ccc(Br)cc2)c2[n-]c3ccccc3c2[C@H]1c1ccccc1. The Kier molecular flexibility index (Phi) is 5.58. The van der Waals surface area contributed by atoms with Crippen molar-refractivity contribution in [2.75, 3.05) is 0 Å². The smallest absolute Gasteiger partial charge is 0.132 e. The lowest BCUT2D eigenvalue weighted by molar-refractivity contribution is -0.733. The number of quaternary nitrogens is 1. The van der Waals surface area contributed by atoms with E-state index < -0.39 is 6.10 Å². The average molecular weight is 509 g/mol. The Morgan fingerprint density at radius 1 is 0.735 bits per heavy atom. The van der Waals surface area contributed by atoms with Gasteiger partial charge in [-0.25, -0.2) is 0 Å². The molecule has 0 amide bonds. The van der Waals surface area contributed by atoms with Gasteiger partial charge in [-0.2, -0.15) is 0 Å². The van der Waals surface area contributed by atoms with Crippen molar-refractivity contribution < 1.29 is 10.4 Å². The Hall–Kier alpha value is -3.18. The molecule has 2 heterocycles. The number of rotatable bonds is 4. The van der Waals surface area contributed by atoms with E-state index in [4.69, 9.17) is 4.98 Å². The summed E-state index contributed by atoms with van der Waals surface area (Å²) >= 11 is 3.57. The molecule has 0 spiro atoms. The van der Waals surface area contributed by atoms with E-state index in [1.165, 1.54) is 22.1 Å². The molecule has 0 bridgehead atoms. The summed E-state index contributed by atoms with van der Waals surface area (Å²) in [7, 11) is 0. The molecule has 34 heavy (non-hydrogen) atoms. The van der Waals surface area contributed by atoms with Gasteiger partial charge in [-0.3, -0.25) is 0 Å². The van der Waals surface area contributed by atoms with Crippen LogP contribution in [0.15, 0.2) is 114 Å². The van der Waals surface area contributed by atoms with Gasteiger partial charge in [0.1, 0.15) is 18.2 Å². The van der Waals surface area contributed by atoms with Crippen LogP contribution in [0.1, 0.15) is 46.0 Å². The highest BCUT2D eigenvalue weighted by atomic mass is 79.9. The Labute approximate surface area is 207 Å². The van der Waals surface area contributed by atoms with Crippen molar-refractivity contribution in [1.29, 1.82) is 0 Å². The van der Waals surface area contributed by atoms with Crippen molar-refractivity contribution in [1.82, 2.24) is 4.98 Å². The van der Waals surface area contributed by atoms with E-state index in [2.05, 4.69) is 88.0 Å². The number of fused-ring (bicyclic) bond motifs is 3. The Bertz CT molecular complexity index is 1410. The predicted molar refractivity (Wildman–Crippen MR) is 139 cm³/mol. The van der Waals surface area contributed by atoms with Crippen molar-refractivity contribution in [3.8, 4) is 0 Å². The quantitative estimate of drug-likeness (QED) is 0.338. The molecule has 168 valence electrons. The summed E-state index contributed by atoms with van der Waals surface area (Å²) in [5, 5.41) is 15.3. The largest absolute Gasteiger partial charge is 0.655 e. The fourth-order valence-corrected chi connectivity index (χ4v) is 5.72. The maximum atomic E-state index is 11.8. The molecule has 4 heteroatoms. The fourth-order valence-electron chi connectivity index (χ4n) is 5.46. The molecule has 4 atom stereocenters. The van der Waals surface area contributed by atoms with E-state index in [0.29, 0.717) is 0 Å². The molecule has 1 aliphatic heterocycles. The molecule has 0 unspecified atom stereocenters. The van der Waals surface area contributed by atoms with Crippen molar-refractivity contribution >= 4 is 26.8 Å². The first-order valence-electron chi connectivity index (χ1n) is 11.6. The van der Waals surface area contributed by atoms with Crippen LogP contribution in [0.25, 0.3) is 10.9 Å². The normalized spacial score (nSPS) is 20.7. The first-order valence-corrected chi connectivity index (χ1v) is 12.4. The van der Waals surface area contributed by atoms with Crippen LogP contribution < -0.4 is 10.3 Å². The lowest BCUT2D eigenvalue weighted by Crippen LogP contribution is -2.94. The van der Waals surface area contributed by atoms with Crippen LogP contribution in [0.2, 0.25) is 0 Å². The van der Waals surface area contributed by atoms with Crippen LogP contribution in [0.4, 0.5) is 0 Å². The number of hydrogen-bond donors (Lipinski definition) is 2. The van der Waals surface area contributed by atoms with Crippen LogP contribution in [0, 0.1) is 0 Å². The third-order valence-corrected chi connectivity index (χ3v) is 7.54. The maximum absolute atomic E-state index is 11.8. The van der Waals surface area contributed by atoms with Gasteiger partial charge in [0.15, 0.2) is 0 Å². The zero-order valence-electron chi connectivity index (χ0n) is 18.6. The highest BCUT2D eigenvalue weighted by molar-refractivity contribution is 9.10. The van der Waals surface area contributed by atoms with Crippen molar-refractivity contribution in [3.05, 3.63) is 142 Å². The molecule has 0 aliphatic carbocycles. The van der Waals surface area contributed by atoms with E-state index in [1.807, 2.05) is 42.5 Å². The van der Waals surface area contributed by atoms with Gasteiger partial charge < -0.3 is 15.4 Å². The van der Waals surface area contributed by atoms with Gasteiger partial charge in [-0.05, 0) is 34.2 Å². The molecule has 0 saturated heterocycles. The average Bonchev–Trinajstić information content (AvgIpc) is 3.28. The second-order valence-electron chi connectivity index (χ2n) is 8.97. The molecular formula is C30H25BrN2O. The summed E-state index contributed by atoms with van der Waals surface area (Å²) in [6, 6.07) is 37.4. The lowest BCUT2D eigenvalue weighted by atomic mass is 9.75. The summed E-state index contributed by atoms with van der Waals surface area (Å²) in [6.45, 7) is 0. The molecule has 3 N–H and O–H groups in total. The third-order valence-electron chi connectivity index (χ3n) is 7.01. The summed E-state index contributed by atoms with van der Waals surface area (Å²) in [4.78, 5) is 5.15. The topological polar surface area (TPSA) is 50.9 Å². The van der Waals surface area contributed by atoms with E-state index in [0.717, 1.165) is 21.2 Å². The van der Waals surface area contributed by atoms with Gasteiger partial charge in [0, 0.05) is 10.0 Å². The second-order valence-corrected chi connectivity index (χ2v) is 9.89. The summed E-state index contributed by atoms with van der Waals surface area (Å²) in [6.07, 6.45) is -0.633. The second kappa shape index (κ2) is 8.88. The molecule has 1 aliphatic rings. The van der Waals surface area contributed by atoms with Gasteiger partial charge >= 0.3 is 0 Å². The molecule has 5 aromatic rings. The van der Waals surface area contributed by atoms with Crippen LogP contribution in [-0.4, -0.2) is 11.1 Å². The molecule has 1 aromatic heterocycles. The van der Waals surface area contributed by atoms with Crippen molar-refractivity contribution in [2.24, 2.45) is 0 Å². The van der Waals surface area contributed by atoms with Crippen LogP contribution in [0.5, 0.6) is 0 Å². The maximum Gasteiger partial charge on any atom is 0.132 e. The highest BCUT2D eigenvalue weighted by Gasteiger charge is 2.42. The number of aromatic nitrogens is 1. The number of hydrogen-bond acceptors (Lipinski definition) is 1. The van der Waals surface area contributed by atoms with Crippen molar-refractivity contribution in [2.45, 2.75) is 24.1 Å². The van der Waals surface area contributed by atoms with E-state index in [-0.39, 0.29) is 18.0 Å². The molecule has 0 radical (unpaired) electrons. The van der Waals surface area contributed by atoms with Gasteiger partial charge in [-0.15, -0.1) is 5.52 Å². The fraction of sp³-hybridized carbons (Fsp3) is 0.133. The Morgan fingerprint density at radius 2 is 1.38 bits per heavy atom. The monoisotopic (exact) mass is 508 g/mol.